The Hall–Kier alpha value is -0.120. The van der Waals surface area contributed by atoms with Gasteiger partial charge in [0.15, 0.2) is 0 Å². The van der Waals surface area contributed by atoms with E-state index in [0.29, 0.717) is 6.04 Å². The second-order valence-electron chi connectivity index (χ2n) is 6.44. The molecule has 1 rings (SSSR count). The molecule has 1 aliphatic rings. The zero-order valence-electron chi connectivity index (χ0n) is 13.8. The summed E-state index contributed by atoms with van der Waals surface area (Å²) in [5.41, 5.74) is 0. The molecule has 3 nitrogen and oxygen atoms in total. The smallest absolute Gasteiger partial charge is 0.0220 e. The van der Waals surface area contributed by atoms with Crippen LogP contribution in [0.5, 0.6) is 0 Å². The van der Waals surface area contributed by atoms with Crippen LogP contribution in [0.25, 0.3) is 0 Å². The first-order valence-corrected chi connectivity index (χ1v) is 8.20. The van der Waals surface area contributed by atoms with Crippen LogP contribution in [0.1, 0.15) is 46.5 Å². The summed E-state index contributed by atoms with van der Waals surface area (Å²) >= 11 is 0. The normalized spacial score (nSPS) is 24.0. The summed E-state index contributed by atoms with van der Waals surface area (Å²) < 4.78 is 0. The number of hydrogen-bond donors (Lipinski definition) is 1. The third-order valence-corrected chi connectivity index (χ3v) is 4.69. The van der Waals surface area contributed by atoms with Gasteiger partial charge >= 0.3 is 0 Å². The van der Waals surface area contributed by atoms with Crippen LogP contribution in [0.15, 0.2) is 0 Å². The predicted octanol–water partition coefficient (Wildman–Crippen LogP) is 2.43. The quantitative estimate of drug-likeness (QED) is 0.693. The lowest BCUT2D eigenvalue weighted by Gasteiger charge is -2.32. The number of likely N-dealkylation sites (N-methyl/N-ethyl adjacent to an activating group) is 2. The highest BCUT2D eigenvalue weighted by atomic mass is 15.2. The predicted molar refractivity (Wildman–Crippen MR) is 84.7 cm³/mol. The van der Waals surface area contributed by atoms with Crippen molar-refractivity contribution >= 4 is 0 Å². The lowest BCUT2D eigenvalue weighted by Crippen LogP contribution is -2.46. The molecule has 0 saturated carbocycles. The summed E-state index contributed by atoms with van der Waals surface area (Å²) in [7, 11) is 4.56. The van der Waals surface area contributed by atoms with Crippen molar-refractivity contribution in [1.29, 1.82) is 0 Å². The van der Waals surface area contributed by atoms with E-state index in [1.807, 2.05) is 0 Å². The molecule has 3 unspecified atom stereocenters. The zero-order chi connectivity index (χ0) is 14.3. The SMILES string of the molecule is CCCNC(CN(C)CC1CCCN1C)C(C)CC. The Kier molecular flexibility index (Phi) is 7.96. The van der Waals surface area contributed by atoms with Crippen molar-refractivity contribution in [3.63, 3.8) is 0 Å². The minimum absolute atomic E-state index is 0.640. The maximum Gasteiger partial charge on any atom is 0.0220 e. The molecule has 114 valence electrons. The van der Waals surface area contributed by atoms with Gasteiger partial charge in [-0.05, 0) is 52.4 Å². The van der Waals surface area contributed by atoms with E-state index in [4.69, 9.17) is 0 Å². The molecule has 0 amide bonds. The topological polar surface area (TPSA) is 18.5 Å². The largest absolute Gasteiger partial charge is 0.312 e. The lowest BCUT2D eigenvalue weighted by atomic mass is 9.98. The highest BCUT2D eigenvalue weighted by molar-refractivity contribution is 4.82. The molecule has 0 aliphatic carbocycles. The molecule has 1 aliphatic heterocycles. The summed E-state index contributed by atoms with van der Waals surface area (Å²) in [5.74, 6) is 0.760. The first kappa shape index (κ1) is 16.9. The fraction of sp³-hybridized carbons (Fsp3) is 1.00. The van der Waals surface area contributed by atoms with E-state index in [9.17, 15) is 0 Å². The van der Waals surface area contributed by atoms with E-state index < -0.39 is 0 Å². The molecule has 0 spiro atoms. The Labute approximate surface area is 120 Å². The van der Waals surface area contributed by atoms with E-state index >= 15 is 0 Å². The maximum absolute atomic E-state index is 3.73. The van der Waals surface area contributed by atoms with Gasteiger partial charge in [-0.1, -0.05) is 27.2 Å². The van der Waals surface area contributed by atoms with Gasteiger partial charge in [-0.2, -0.15) is 0 Å². The molecule has 19 heavy (non-hydrogen) atoms. The van der Waals surface area contributed by atoms with Crippen molar-refractivity contribution in [3.05, 3.63) is 0 Å². The minimum Gasteiger partial charge on any atom is -0.312 e. The van der Waals surface area contributed by atoms with Gasteiger partial charge in [0.05, 0.1) is 0 Å². The summed E-state index contributed by atoms with van der Waals surface area (Å²) in [6.45, 7) is 11.8. The Morgan fingerprint density at radius 3 is 2.63 bits per heavy atom. The summed E-state index contributed by atoms with van der Waals surface area (Å²) in [4.78, 5) is 5.06. The highest BCUT2D eigenvalue weighted by Gasteiger charge is 2.24. The van der Waals surface area contributed by atoms with Crippen molar-refractivity contribution in [2.75, 3.05) is 40.3 Å². The first-order valence-electron chi connectivity index (χ1n) is 8.20. The lowest BCUT2D eigenvalue weighted by molar-refractivity contribution is 0.189. The first-order chi connectivity index (χ1) is 9.08. The number of nitrogens with zero attached hydrogens (tertiary/aromatic N) is 2. The molecule has 0 aromatic heterocycles. The Morgan fingerprint density at radius 1 is 1.37 bits per heavy atom. The van der Waals surface area contributed by atoms with E-state index in [2.05, 4.69) is 50.0 Å². The maximum atomic E-state index is 3.73. The molecular weight excluding hydrogens is 234 g/mol. The summed E-state index contributed by atoms with van der Waals surface area (Å²) in [6, 6.07) is 1.41. The molecule has 1 N–H and O–H groups in total. The van der Waals surface area contributed by atoms with E-state index in [1.165, 1.54) is 45.3 Å². The molecule has 0 aromatic rings. The zero-order valence-corrected chi connectivity index (χ0v) is 13.8. The van der Waals surface area contributed by atoms with Gasteiger partial charge in [-0.25, -0.2) is 0 Å². The Balaban J connectivity index is 2.38. The molecule has 1 heterocycles. The van der Waals surface area contributed by atoms with Crippen molar-refractivity contribution < 1.29 is 0 Å². The second kappa shape index (κ2) is 8.93. The highest BCUT2D eigenvalue weighted by Crippen LogP contribution is 2.16. The molecule has 3 atom stereocenters. The fourth-order valence-electron chi connectivity index (χ4n) is 3.04. The molecule has 0 aromatic carbocycles. The van der Waals surface area contributed by atoms with Crippen LogP contribution in [0.2, 0.25) is 0 Å². The summed E-state index contributed by atoms with van der Waals surface area (Å²) in [5, 5.41) is 3.73. The molecule has 1 fully saturated rings. The Morgan fingerprint density at radius 2 is 2.11 bits per heavy atom. The van der Waals surface area contributed by atoms with Crippen LogP contribution in [0, 0.1) is 5.92 Å². The van der Waals surface area contributed by atoms with Gasteiger partial charge in [-0.15, -0.1) is 0 Å². The third-order valence-electron chi connectivity index (χ3n) is 4.69. The number of nitrogens with one attached hydrogen (secondary N) is 1. The molecular formula is C16H35N3. The number of hydrogen-bond acceptors (Lipinski definition) is 3. The van der Waals surface area contributed by atoms with E-state index in [-0.39, 0.29) is 0 Å². The fourth-order valence-corrected chi connectivity index (χ4v) is 3.04. The average molecular weight is 269 g/mol. The van der Waals surface area contributed by atoms with Gasteiger partial charge in [0.1, 0.15) is 0 Å². The Bertz CT molecular complexity index is 232. The van der Waals surface area contributed by atoms with Gasteiger partial charge in [-0.3, -0.25) is 0 Å². The van der Waals surface area contributed by atoms with E-state index in [1.54, 1.807) is 0 Å². The van der Waals surface area contributed by atoms with E-state index in [0.717, 1.165) is 18.5 Å². The van der Waals surface area contributed by atoms with Crippen molar-refractivity contribution in [1.82, 2.24) is 15.1 Å². The number of likely N-dealkylation sites (tertiary alicyclic amines) is 1. The van der Waals surface area contributed by atoms with Crippen molar-refractivity contribution in [2.24, 2.45) is 5.92 Å². The van der Waals surface area contributed by atoms with Crippen LogP contribution in [0.3, 0.4) is 0 Å². The second-order valence-corrected chi connectivity index (χ2v) is 6.44. The van der Waals surface area contributed by atoms with Gasteiger partial charge in [0, 0.05) is 25.2 Å². The molecule has 3 heteroatoms. The average Bonchev–Trinajstić information content (AvgIpc) is 2.79. The minimum atomic E-state index is 0.640. The van der Waals surface area contributed by atoms with Gasteiger partial charge in [0.2, 0.25) is 0 Å². The van der Waals surface area contributed by atoms with Crippen LogP contribution in [-0.4, -0.2) is 62.2 Å². The number of rotatable bonds is 9. The monoisotopic (exact) mass is 269 g/mol. The summed E-state index contributed by atoms with van der Waals surface area (Å²) in [6.07, 6.45) is 5.23. The molecule has 1 saturated heterocycles. The molecule has 0 radical (unpaired) electrons. The third kappa shape index (κ3) is 5.80. The molecule has 0 bridgehead atoms. The van der Waals surface area contributed by atoms with Crippen molar-refractivity contribution in [3.8, 4) is 0 Å². The van der Waals surface area contributed by atoms with Crippen LogP contribution < -0.4 is 5.32 Å². The van der Waals surface area contributed by atoms with Crippen LogP contribution in [0.4, 0.5) is 0 Å². The standard InChI is InChI=1S/C16H35N3/c1-6-10-17-16(14(3)7-2)13-18(4)12-15-9-8-11-19(15)5/h14-17H,6-13H2,1-5H3. The van der Waals surface area contributed by atoms with Crippen LogP contribution in [-0.2, 0) is 0 Å². The van der Waals surface area contributed by atoms with Gasteiger partial charge in [0.25, 0.3) is 0 Å². The van der Waals surface area contributed by atoms with Crippen molar-refractivity contribution in [2.45, 2.75) is 58.5 Å². The van der Waals surface area contributed by atoms with Gasteiger partial charge < -0.3 is 15.1 Å². The van der Waals surface area contributed by atoms with Crippen LogP contribution >= 0.6 is 0 Å².